The SMILES string of the molecule is COc1ccc2nc(N)n(CC(C(C)C)C(C)C)c2c1. The van der Waals surface area contributed by atoms with Crippen molar-refractivity contribution in [1.29, 1.82) is 0 Å². The number of nitrogens with zero attached hydrogens (tertiary/aromatic N) is 2. The molecule has 0 radical (unpaired) electrons. The van der Waals surface area contributed by atoms with Crippen LogP contribution in [0, 0.1) is 17.8 Å². The lowest BCUT2D eigenvalue weighted by molar-refractivity contribution is 0.255. The van der Waals surface area contributed by atoms with Crippen molar-refractivity contribution in [2.24, 2.45) is 17.8 Å². The number of ether oxygens (including phenoxy) is 1. The van der Waals surface area contributed by atoms with Crippen LogP contribution < -0.4 is 10.5 Å². The fraction of sp³-hybridized carbons (Fsp3) is 0.562. The fourth-order valence-corrected chi connectivity index (χ4v) is 2.84. The number of benzene rings is 1. The summed E-state index contributed by atoms with van der Waals surface area (Å²) in [5.74, 6) is 3.21. The highest BCUT2D eigenvalue weighted by Gasteiger charge is 2.20. The highest BCUT2D eigenvalue weighted by Crippen LogP contribution is 2.28. The van der Waals surface area contributed by atoms with E-state index in [9.17, 15) is 0 Å². The number of hydrogen-bond acceptors (Lipinski definition) is 3. The van der Waals surface area contributed by atoms with Crippen molar-refractivity contribution in [3.63, 3.8) is 0 Å². The first-order chi connectivity index (χ1) is 9.43. The molecule has 0 fully saturated rings. The minimum absolute atomic E-state index is 0.570. The fourth-order valence-electron chi connectivity index (χ4n) is 2.84. The zero-order chi connectivity index (χ0) is 14.9. The smallest absolute Gasteiger partial charge is 0.201 e. The predicted molar refractivity (Wildman–Crippen MR) is 83.9 cm³/mol. The molecule has 1 aromatic carbocycles. The van der Waals surface area contributed by atoms with Gasteiger partial charge in [0, 0.05) is 12.6 Å². The molecule has 0 bridgehead atoms. The number of rotatable bonds is 5. The molecule has 0 atom stereocenters. The van der Waals surface area contributed by atoms with E-state index in [1.807, 2.05) is 18.2 Å². The Morgan fingerprint density at radius 2 is 1.85 bits per heavy atom. The van der Waals surface area contributed by atoms with Gasteiger partial charge in [0.25, 0.3) is 0 Å². The van der Waals surface area contributed by atoms with E-state index >= 15 is 0 Å². The van der Waals surface area contributed by atoms with E-state index in [2.05, 4.69) is 37.2 Å². The Bertz CT molecular complexity index is 579. The standard InChI is InChI=1S/C16H25N3O/c1-10(2)13(11(3)4)9-19-15-8-12(20-5)6-7-14(15)18-16(19)17/h6-8,10-11,13H,9H2,1-5H3,(H2,17,18). The maximum absolute atomic E-state index is 6.10. The van der Waals surface area contributed by atoms with Crippen LogP contribution in [-0.4, -0.2) is 16.7 Å². The summed E-state index contributed by atoms with van der Waals surface area (Å²) in [7, 11) is 1.68. The molecule has 4 nitrogen and oxygen atoms in total. The molecule has 0 aliphatic rings. The van der Waals surface area contributed by atoms with Gasteiger partial charge in [0.15, 0.2) is 0 Å². The van der Waals surface area contributed by atoms with Gasteiger partial charge in [-0.1, -0.05) is 27.7 Å². The maximum Gasteiger partial charge on any atom is 0.201 e. The molecule has 1 aromatic heterocycles. The lowest BCUT2D eigenvalue weighted by Crippen LogP contribution is -2.22. The van der Waals surface area contributed by atoms with Crippen molar-refractivity contribution in [2.75, 3.05) is 12.8 Å². The zero-order valence-electron chi connectivity index (χ0n) is 13.1. The summed E-state index contributed by atoms with van der Waals surface area (Å²) in [5, 5.41) is 0. The normalized spacial score (nSPS) is 12.0. The molecule has 20 heavy (non-hydrogen) atoms. The van der Waals surface area contributed by atoms with Crippen LogP contribution in [0.1, 0.15) is 27.7 Å². The summed E-state index contributed by atoms with van der Waals surface area (Å²) in [6.07, 6.45) is 0. The molecule has 2 N–H and O–H groups in total. The molecular weight excluding hydrogens is 250 g/mol. The summed E-state index contributed by atoms with van der Waals surface area (Å²) in [5.41, 5.74) is 8.08. The average molecular weight is 275 g/mol. The Balaban J connectivity index is 2.44. The van der Waals surface area contributed by atoms with Gasteiger partial charge in [-0.15, -0.1) is 0 Å². The Morgan fingerprint density at radius 1 is 1.20 bits per heavy atom. The van der Waals surface area contributed by atoms with Gasteiger partial charge in [0.2, 0.25) is 5.95 Å². The number of nitrogens with two attached hydrogens (primary N) is 1. The van der Waals surface area contributed by atoms with E-state index < -0.39 is 0 Å². The topological polar surface area (TPSA) is 53.1 Å². The van der Waals surface area contributed by atoms with Crippen molar-refractivity contribution in [3.05, 3.63) is 18.2 Å². The Kier molecular flexibility index (Phi) is 4.21. The first kappa shape index (κ1) is 14.7. The number of imidazole rings is 1. The molecule has 4 heteroatoms. The minimum atomic E-state index is 0.570. The van der Waals surface area contributed by atoms with Crippen LogP contribution in [0.2, 0.25) is 0 Å². The van der Waals surface area contributed by atoms with E-state index in [0.717, 1.165) is 23.3 Å². The Labute approximate surface area is 120 Å². The number of aromatic nitrogens is 2. The second-order valence-electron chi connectivity index (χ2n) is 6.09. The van der Waals surface area contributed by atoms with E-state index in [1.165, 1.54) is 0 Å². The molecule has 0 amide bonds. The molecule has 0 saturated carbocycles. The molecule has 0 aliphatic heterocycles. The minimum Gasteiger partial charge on any atom is -0.497 e. The van der Waals surface area contributed by atoms with Crippen molar-refractivity contribution < 1.29 is 4.74 Å². The van der Waals surface area contributed by atoms with Gasteiger partial charge in [-0.25, -0.2) is 4.98 Å². The third-order valence-corrected chi connectivity index (χ3v) is 4.09. The predicted octanol–water partition coefficient (Wildman–Crippen LogP) is 3.56. The van der Waals surface area contributed by atoms with Gasteiger partial charge in [-0.2, -0.15) is 0 Å². The first-order valence-corrected chi connectivity index (χ1v) is 7.23. The van der Waals surface area contributed by atoms with Gasteiger partial charge in [0.05, 0.1) is 18.1 Å². The number of methoxy groups -OCH3 is 1. The second kappa shape index (κ2) is 5.73. The number of fused-ring (bicyclic) bond motifs is 1. The molecule has 0 unspecified atom stereocenters. The van der Waals surface area contributed by atoms with Gasteiger partial charge < -0.3 is 15.0 Å². The van der Waals surface area contributed by atoms with Crippen LogP contribution >= 0.6 is 0 Å². The van der Waals surface area contributed by atoms with Crippen LogP contribution in [0.3, 0.4) is 0 Å². The lowest BCUT2D eigenvalue weighted by Gasteiger charge is -2.26. The summed E-state index contributed by atoms with van der Waals surface area (Å²) in [6.45, 7) is 9.95. The second-order valence-corrected chi connectivity index (χ2v) is 6.09. The molecular formula is C16H25N3O. The highest BCUT2D eigenvalue weighted by molar-refractivity contribution is 5.79. The van der Waals surface area contributed by atoms with E-state index in [1.54, 1.807) is 7.11 Å². The van der Waals surface area contributed by atoms with Crippen LogP contribution in [0.25, 0.3) is 11.0 Å². The van der Waals surface area contributed by atoms with Gasteiger partial charge in [-0.3, -0.25) is 0 Å². The molecule has 2 aromatic rings. The van der Waals surface area contributed by atoms with Gasteiger partial charge >= 0.3 is 0 Å². The van der Waals surface area contributed by atoms with Crippen molar-refractivity contribution in [3.8, 4) is 5.75 Å². The number of nitrogen functional groups attached to an aromatic ring is 1. The summed E-state index contributed by atoms with van der Waals surface area (Å²) in [6, 6.07) is 5.89. The molecule has 0 saturated heterocycles. The molecule has 0 aliphatic carbocycles. The summed E-state index contributed by atoms with van der Waals surface area (Å²) in [4.78, 5) is 4.45. The zero-order valence-corrected chi connectivity index (χ0v) is 13.1. The van der Waals surface area contributed by atoms with E-state index in [0.29, 0.717) is 23.7 Å². The summed E-state index contributed by atoms with van der Waals surface area (Å²) < 4.78 is 7.42. The third-order valence-electron chi connectivity index (χ3n) is 4.09. The Morgan fingerprint density at radius 3 is 2.40 bits per heavy atom. The van der Waals surface area contributed by atoms with Crippen LogP contribution in [0.5, 0.6) is 5.75 Å². The molecule has 2 rings (SSSR count). The van der Waals surface area contributed by atoms with Gasteiger partial charge in [0.1, 0.15) is 5.75 Å². The van der Waals surface area contributed by atoms with E-state index in [-0.39, 0.29) is 0 Å². The molecule has 1 heterocycles. The van der Waals surface area contributed by atoms with Gasteiger partial charge in [-0.05, 0) is 29.9 Å². The number of anilines is 1. The summed E-state index contributed by atoms with van der Waals surface area (Å²) >= 11 is 0. The largest absolute Gasteiger partial charge is 0.497 e. The Hall–Kier alpha value is -1.71. The quantitative estimate of drug-likeness (QED) is 0.907. The van der Waals surface area contributed by atoms with Crippen molar-refractivity contribution >= 4 is 17.0 Å². The van der Waals surface area contributed by atoms with E-state index in [4.69, 9.17) is 10.5 Å². The molecule has 110 valence electrons. The highest BCUT2D eigenvalue weighted by atomic mass is 16.5. The number of hydrogen-bond donors (Lipinski definition) is 1. The molecule has 0 spiro atoms. The van der Waals surface area contributed by atoms with Crippen molar-refractivity contribution in [2.45, 2.75) is 34.2 Å². The lowest BCUT2D eigenvalue weighted by atomic mass is 9.85. The third kappa shape index (κ3) is 2.74. The monoisotopic (exact) mass is 275 g/mol. The first-order valence-electron chi connectivity index (χ1n) is 7.23. The van der Waals surface area contributed by atoms with Crippen LogP contribution in [0.4, 0.5) is 5.95 Å². The van der Waals surface area contributed by atoms with Crippen molar-refractivity contribution in [1.82, 2.24) is 9.55 Å². The van der Waals surface area contributed by atoms with Crippen LogP contribution in [-0.2, 0) is 6.54 Å². The average Bonchev–Trinajstić information content (AvgIpc) is 2.69. The van der Waals surface area contributed by atoms with Crippen LogP contribution in [0.15, 0.2) is 18.2 Å². The maximum atomic E-state index is 6.10.